The lowest BCUT2D eigenvalue weighted by atomic mass is 9.75. The Bertz CT molecular complexity index is 954. The van der Waals surface area contributed by atoms with Crippen molar-refractivity contribution in [2.24, 2.45) is 11.8 Å². The Hall–Kier alpha value is -2.91. The standard InChI is InChI=1S/C29H32N2O/c1-22(32)30(2)28-19-18-23-20-31(21-27(23)28)29(24-12-6-3-7-13-24,25-14-8-4-9-15-25)26-16-10-5-11-17-26/h3-17,23,27-28H,18-21H2,1-2H3. The number of carbonyl (C=O) groups excluding carboxylic acids is 1. The fourth-order valence-corrected chi connectivity index (χ4v) is 6.31. The van der Waals surface area contributed by atoms with Gasteiger partial charge < -0.3 is 4.90 Å². The monoisotopic (exact) mass is 424 g/mol. The SMILES string of the molecule is CC(=O)N(C)C1CCC2CN(C(c3ccccc3)(c3ccccc3)c3ccccc3)CC21. The Morgan fingerprint density at radius 1 is 0.781 bits per heavy atom. The van der Waals surface area contributed by atoms with Crippen molar-refractivity contribution in [3.05, 3.63) is 108 Å². The molecule has 0 bridgehead atoms. The number of rotatable bonds is 5. The van der Waals surface area contributed by atoms with Crippen LogP contribution in [0.5, 0.6) is 0 Å². The first kappa shape index (κ1) is 21.0. The summed E-state index contributed by atoms with van der Waals surface area (Å²) in [5, 5.41) is 0. The molecule has 2 fully saturated rings. The highest BCUT2D eigenvalue weighted by Crippen LogP contribution is 2.49. The molecule has 1 amide bonds. The molecule has 1 saturated heterocycles. The molecule has 1 aliphatic heterocycles. The summed E-state index contributed by atoms with van der Waals surface area (Å²) in [7, 11) is 1.98. The minimum absolute atomic E-state index is 0.176. The van der Waals surface area contributed by atoms with Crippen LogP contribution in [0.4, 0.5) is 0 Å². The van der Waals surface area contributed by atoms with Crippen LogP contribution in [0.3, 0.4) is 0 Å². The lowest BCUT2D eigenvalue weighted by Gasteiger charge is -2.44. The fourth-order valence-electron chi connectivity index (χ4n) is 6.31. The summed E-state index contributed by atoms with van der Waals surface area (Å²) in [6, 6.07) is 33.2. The summed E-state index contributed by atoms with van der Waals surface area (Å²) < 4.78 is 0. The maximum Gasteiger partial charge on any atom is 0.219 e. The van der Waals surface area contributed by atoms with Crippen LogP contribution < -0.4 is 0 Å². The zero-order valence-corrected chi connectivity index (χ0v) is 19.0. The van der Waals surface area contributed by atoms with Gasteiger partial charge in [-0.2, -0.15) is 0 Å². The third-order valence-electron chi connectivity index (χ3n) is 7.86. The van der Waals surface area contributed by atoms with Gasteiger partial charge in [0.15, 0.2) is 0 Å². The highest BCUT2D eigenvalue weighted by molar-refractivity contribution is 5.73. The van der Waals surface area contributed by atoms with E-state index in [4.69, 9.17) is 0 Å². The molecule has 164 valence electrons. The van der Waals surface area contributed by atoms with Gasteiger partial charge in [-0.05, 0) is 41.4 Å². The number of amides is 1. The predicted octanol–water partition coefficient (Wildman–Crippen LogP) is 5.17. The molecule has 0 aromatic heterocycles. The molecule has 3 aromatic carbocycles. The number of nitrogens with zero attached hydrogens (tertiary/aromatic N) is 2. The van der Waals surface area contributed by atoms with Gasteiger partial charge >= 0.3 is 0 Å². The van der Waals surface area contributed by atoms with E-state index in [0.29, 0.717) is 17.9 Å². The first-order valence-electron chi connectivity index (χ1n) is 11.8. The van der Waals surface area contributed by atoms with Crippen molar-refractivity contribution in [3.63, 3.8) is 0 Å². The predicted molar refractivity (Wildman–Crippen MR) is 129 cm³/mol. The molecule has 32 heavy (non-hydrogen) atoms. The molecule has 3 nitrogen and oxygen atoms in total. The van der Waals surface area contributed by atoms with E-state index in [2.05, 4.69) is 95.9 Å². The molecule has 0 N–H and O–H groups in total. The van der Waals surface area contributed by atoms with E-state index in [1.807, 2.05) is 11.9 Å². The second-order valence-electron chi connectivity index (χ2n) is 9.41. The van der Waals surface area contributed by atoms with Gasteiger partial charge in [0.05, 0.1) is 5.54 Å². The number of hydrogen-bond acceptors (Lipinski definition) is 2. The third kappa shape index (κ3) is 3.36. The van der Waals surface area contributed by atoms with Crippen molar-refractivity contribution in [1.82, 2.24) is 9.80 Å². The molecule has 3 atom stereocenters. The van der Waals surface area contributed by atoms with Gasteiger partial charge in [-0.3, -0.25) is 9.69 Å². The summed E-state index contributed by atoms with van der Waals surface area (Å²) in [5.41, 5.74) is 3.55. The molecule has 5 rings (SSSR count). The van der Waals surface area contributed by atoms with Crippen LogP contribution in [0.2, 0.25) is 0 Å². The average molecular weight is 425 g/mol. The molecule has 0 radical (unpaired) electrons. The first-order valence-corrected chi connectivity index (χ1v) is 11.8. The molecular weight excluding hydrogens is 392 g/mol. The third-order valence-corrected chi connectivity index (χ3v) is 7.86. The second kappa shape index (κ2) is 8.55. The molecular formula is C29H32N2O. The fraction of sp³-hybridized carbons (Fsp3) is 0.345. The minimum atomic E-state index is -0.354. The van der Waals surface area contributed by atoms with Crippen LogP contribution in [0.25, 0.3) is 0 Å². The van der Waals surface area contributed by atoms with E-state index in [9.17, 15) is 4.79 Å². The van der Waals surface area contributed by atoms with Gasteiger partial charge in [-0.15, -0.1) is 0 Å². The summed E-state index contributed by atoms with van der Waals surface area (Å²) in [6.07, 6.45) is 2.31. The molecule has 1 heterocycles. The smallest absolute Gasteiger partial charge is 0.219 e. The van der Waals surface area contributed by atoms with Crippen molar-refractivity contribution in [2.45, 2.75) is 31.3 Å². The summed E-state index contributed by atoms with van der Waals surface area (Å²) in [6.45, 7) is 3.74. The van der Waals surface area contributed by atoms with Gasteiger partial charge in [0, 0.05) is 33.1 Å². The molecule has 1 aliphatic carbocycles. The van der Waals surface area contributed by atoms with Crippen molar-refractivity contribution < 1.29 is 4.79 Å². The summed E-state index contributed by atoms with van der Waals surface area (Å²) in [4.78, 5) is 16.9. The maximum atomic E-state index is 12.2. The number of benzene rings is 3. The van der Waals surface area contributed by atoms with Crippen LogP contribution in [0, 0.1) is 11.8 Å². The lowest BCUT2D eigenvalue weighted by molar-refractivity contribution is -0.130. The molecule has 3 unspecified atom stereocenters. The first-order chi connectivity index (χ1) is 15.6. The second-order valence-corrected chi connectivity index (χ2v) is 9.41. The van der Waals surface area contributed by atoms with Gasteiger partial charge in [-0.1, -0.05) is 91.0 Å². The van der Waals surface area contributed by atoms with Gasteiger partial charge in [0.1, 0.15) is 0 Å². The maximum absolute atomic E-state index is 12.2. The van der Waals surface area contributed by atoms with Crippen molar-refractivity contribution in [2.75, 3.05) is 20.1 Å². The summed E-state index contributed by atoms with van der Waals surface area (Å²) in [5.74, 6) is 1.31. The molecule has 2 aliphatic rings. The Morgan fingerprint density at radius 2 is 1.25 bits per heavy atom. The number of likely N-dealkylation sites (tertiary alicyclic amines) is 1. The number of carbonyl (C=O) groups is 1. The molecule has 0 spiro atoms. The van der Waals surface area contributed by atoms with E-state index >= 15 is 0 Å². The molecule has 3 aromatic rings. The number of hydrogen-bond donors (Lipinski definition) is 0. The van der Waals surface area contributed by atoms with Crippen LogP contribution in [0.15, 0.2) is 91.0 Å². The van der Waals surface area contributed by atoms with E-state index in [1.54, 1.807) is 6.92 Å². The van der Waals surface area contributed by atoms with Crippen molar-refractivity contribution >= 4 is 5.91 Å². The minimum Gasteiger partial charge on any atom is -0.343 e. The topological polar surface area (TPSA) is 23.6 Å². The van der Waals surface area contributed by atoms with E-state index < -0.39 is 0 Å². The van der Waals surface area contributed by atoms with E-state index in [1.165, 1.54) is 23.1 Å². The Labute approximate surface area is 191 Å². The van der Waals surface area contributed by atoms with E-state index in [0.717, 1.165) is 19.5 Å². The average Bonchev–Trinajstić information content (AvgIpc) is 3.43. The van der Waals surface area contributed by atoms with Crippen LogP contribution in [-0.4, -0.2) is 41.9 Å². The zero-order valence-electron chi connectivity index (χ0n) is 19.0. The largest absolute Gasteiger partial charge is 0.343 e. The lowest BCUT2D eigenvalue weighted by Crippen LogP contribution is -2.48. The Balaban J connectivity index is 1.66. The van der Waals surface area contributed by atoms with E-state index in [-0.39, 0.29) is 11.4 Å². The van der Waals surface area contributed by atoms with Crippen LogP contribution in [-0.2, 0) is 10.3 Å². The van der Waals surface area contributed by atoms with Gasteiger partial charge in [-0.25, -0.2) is 0 Å². The number of fused-ring (bicyclic) bond motifs is 1. The Kier molecular flexibility index (Phi) is 5.60. The van der Waals surface area contributed by atoms with Crippen LogP contribution in [0.1, 0.15) is 36.5 Å². The van der Waals surface area contributed by atoms with Crippen LogP contribution >= 0.6 is 0 Å². The highest BCUT2D eigenvalue weighted by atomic mass is 16.2. The summed E-state index contributed by atoms with van der Waals surface area (Å²) >= 11 is 0. The quantitative estimate of drug-likeness (QED) is 0.528. The van der Waals surface area contributed by atoms with Crippen molar-refractivity contribution in [3.8, 4) is 0 Å². The van der Waals surface area contributed by atoms with Gasteiger partial charge in [0.25, 0.3) is 0 Å². The molecule has 3 heteroatoms. The normalized spacial score (nSPS) is 23.1. The Morgan fingerprint density at radius 3 is 1.69 bits per heavy atom. The highest BCUT2D eigenvalue weighted by Gasteiger charge is 2.52. The van der Waals surface area contributed by atoms with Crippen molar-refractivity contribution in [1.29, 1.82) is 0 Å². The zero-order chi connectivity index (χ0) is 22.1. The molecule has 1 saturated carbocycles. The van der Waals surface area contributed by atoms with Gasteiger partial charge in [0.2, 0.25) is 5.91 Å².